The standard InChI is InChI=1S/C8H16N2O/c1-6(2)3-8-10-7(4-9)5-11-8/h6-7H,3-5,9H2,1-2H3. The summed E-state index contributed by atoms with van der Waals surface area (Å²) in [5.74, 6) is 1.50. The van der Waals surface area contributed by atoms with E-state index in [-0.39, 0.29) is 6.04 Å². The minimum Gasteiger partial charge on any atom is -0.479 e. The van der Waals surface area contributed by atoms with Crippen LogP contribution >= 0.6 is 0 Å². The van der Waals surface area contributed by atoms with Crippen LogP contribution in [0, 0.1) is 5.92 Å². The van der Waals surface area contributed by atoms with Crippen molar-refractivity contribution in [3.05, 3.63) is 0 Å². The molecule has 0 amide bonds. The van der Waals surface area contributed by atoms with Gasteiger partial charge in [0, 0.05) is 13.0 Å². The first kappa shape index (κ1) is 8.53. The van der Waals surface area contributed by atoms with Crippen molar-refractivity contribution < 1.29 is 4.74 Å². The van der Waals surface area contributed by atoms with Gasteiger partial charge in [-0.2, -0.15) is 0 Å². The predicted octanol–water partition coefficient (Wildman–Crippen LogP) is 0.789. The number of rotatable bonds is 3. The van der Waals surface area contributed by atoms with Crippen LogP contribution in [0.15, 0.2) is 4.99 Å². The molecule has 0 saturated heterocycles. The van der Waals surface area contributed by atoms with Crippen LogP contribution in [-0.2, 0) is 4.74 Å². The Morgan fingerprint density at radius 1 is 1.73 bits per heavy atom. The third-order valence-corrected chi connectivity index (χ3v) is 1.62. The van der Waals surface area contributed by atoms with Gasteiger partial charge in [-0.3, -0.25) is 0 Å². The molecule has 3 heteroatoms. The average Bonchev–Trinajstić information content (AvgIpc) is 2.34. The molecule has 1 atom stereocenters. The lowest BCUT2D eigenvalue weighted by Crippen LogP contribution is -2.18. The molecule has 11 heavy (non-hydrogen) atoms. The SMILES string of the molecule is CC(C)CC1=NC(CN)CO1. The van der Waals surface area contributed by atoms with Crippen LogP contribution in [0.3, 0.4) is 0 Å². The van der Waals surface area contributed by atoms with Crippen LogP contribution < -0.4 is 5.73 Å². The van der Waals surface area contributed by atoms with E-state index in [1.165, 1.54) is 0 Å². The maximum absolute atomic E-state index is 5.44. The van der Waals surface area contributed by atoms with Gasteiger partial charge in [-0.05, 0) is 5.92 Å². The summed E-state index contributed by atoms with van der Waals surface area (Å²) in [7, 11) is 0. The van der Waals surface area contributed by atoms with Crippen molar-refractivity contribution in [3.63, 3.8) is 0 Å². The first-order valence-electron chi connectivity index (χ1n) is 4.12. The van der Waals surface area contributed by atoms with Crippen LogP contribution in [0.1, 0.15) is 20.3 Å². The summed E-state index contributed by atoms with van der Waals surface area (Å²) in [6.07, 6.45) is 0.941. The first-order valence-corrected chi connectivity index (χ1v) is 4.12. The second-order valence-corrected chi connectivity index (χ2v) is 3.32. The number of aliphatic imine (C=N–C) groups is 1. The smallest absolute Gasteiger partial charge is 0.183 e. The molecule has 1 aliphatic rings. The van der Waals surface area contributed by atoms with Gasteiger partial charge in [-0.25, -0.2) is 4.99 Å². The molecule has 0 saturated carbocycles. The van der Waals surface area contributed by atoms with Crippen LogP contribution in [0.4, 0.5) is 0 Å². The Hall–Kier alpha value is -0.570. The van der Waals surface area contributed by atoms with Crippen molar-refractivity contribution in [2.75, 3.05) is 13.2 Å². The Labute approximate surface area is 67.6 Å². The fraction of sp³-hybridized carbons (Fsp3) is 0.875. The minimum atomic E-state index is 0.212. The topological polar surface area (TPSA) is 47.6 Å². The maximum atomic E-state index is 5.44. The molecule has 0 aromatic heterocycles. The number of nitrogens with two attached hydrogens (primary N) is 1. The van der Waals surface area contributed by atoms with Crippen molar-refractivity contribution in [1.82, 2.24) is 0 Å². The van der Waals surface area contributed by atoms with Gasteiger partial charge < -0.3 is 10.5 Å². The van der Waals surface area contributed by atoms with Gasteiger partial charge in [-0.15, -0.1) is 0 Å². The van der Waals surface area contributed by atoms with E-state index in [0.29, 0.717) is 19.1 Å². The fourth-order valence-corrected chi connectivity index (χ4v) is 1.05. The molecule has 0 spiro atoms. The highest BCUT2D eigenvalue weighted by Gasteiger charge is 2.17. The van der Waals surface area contributed by atoms with Crippen molar-refractivity contribution in [3.8, 4) is 0 Å². The molecular weight excluding hydrogens is 140 g/mol. The van der Waals surface area contributed by atoms with Crippen molar-refractivity contribution >= 4 is 5.90 Å². The highest BCUT2D eigenvalue weighted by molar-refractivity contribution is 5.77. The zero-order valence-electron chi connectivity index (χ0n) is 7.21. The van der Waals surface area contributed by atoms with Crippen LogP contribution in [0.25, 0.3) is 0 Å². The summed E-state index contributed by atoms with van der Waals surface area (Å²) in [5.41, 5.74) is 5.44. The molecule has 1 rings (SSSR count). The summed E-state index contributed by atoms with van der Waals surface area (Å²) < 4.78 is 5.34. The molecule has 1 unspecified atom stereocenters. The lowest BCUT2D eigenvalue weighted by atomic mass is 10.1. The van der Waals surface area contributed by atoms with E-state index in [1.54, 1.807) is 0 Å². The molecule has 1 aliphatic heterocycles. The monoisotopic (exact) mass is 156 g/mol. The quantitative estimate of drug-likeness (QED) is 0.656. The molecule has 2 N–H and O–H groups in total. The van der Waals surface area contributed by atoms with Crippen LogP contribution in [0.2, 0.25) is 0 Å². The largest absolute Gasteiger partial charge is 0.479 e. The van der Waals surface area contributed by atoms with E-state index in [0.717, 1.165) is 12.3 Å². The molecule has 0 aromatic rings. The Bertz CT molecular complexity index is 154. The van der Waals surface area contributed by atoms with E-state index in [9.17, 15) is 0 Å². The number of nitrogens with zero attached hydrogens (tertiary/aromatic N) is 1. The summed E-state index contributed by atoms with van der Waals surface area (Å²) in [4.78, 5) is 4.32. The van der Waals surface area contributed by atoms with Gasteiger partial charge in [0.05, 0.1) is 6.04 Å². The van der Waals surface area contributed by atoms with Crippen molar-refractivity contribution in [2.45, 2.75) is 26.3 Å². The van der Waals surface area contributed by atoms with Crippen LogP contribution in [0.5, 0.6) is 0 Å². The van der Waals surface area contributed by atoms with Gasteiger partial charge in [0.25, 0.3) is 0 Å². The van der Waals surface area contributed by atoms with Crippen molar-refractivity contribution in [1.29, 1.82) is 0 Å². The van der Waals surface area contributed by atoms with E-state index in [1.807, 2.05) is 0 Å². The Morgan fingerprint density at radius 3 is 2.91 bits per heavy atom. The van der Waals surface area contributed by atoms with Gasteiger partial charge >= 0.3 is 0 Å². The third-order valence-electron chi connectivity index (χ3n) is 1.62. The van der Waals surface area contributed by atoms with Gasteiger partial charge in [0.15, 0.2) is 5.90 Å². The third kappa shape index (κ3) is 2.50. The second kappa shape index (κ2) is 3.72. The molecule has 3 nitrogen and oxygen atoms in total. The minimum absolute atomic E-state index is 0.212. The Morgan fingerprint density at radius 2 is 2.45 bits per heavy atom. The molecule has 1 heterocycles. The second-order valence-electron chi connectivity index (χ2n) is 3.32. The molecule has 0 bridgehead atoms. The van der Waals surface area contributed by atoms with E-state index >= 15 is 0 Å². The highest BCUT2D eigenvalue weighted by Crippen LogP contribution is 2.10. The van der Waals surface area contributed by atoms with Gasteiger partial charge in [-0.1, -0.05) is 13.8 Å². The molecule has 0 aromatic carbocycles. The summed E-state index contributed by atoms with van der Waals surface area (Å²) in [6, 6.07) is 0.212. The van der Waals surface area contributed by atoms with E-state index in [2.05, 4.69) is 18.8 Å². The molecule has 0 aliphatic carbocycles. The normalized spacial score (nSPS) is 23.6. The van der Waals surface area contributed by atoms with E-state index in [4.69, 9.17) is 10.5 Å². The number of ether oxygens (including phenoxy) is 1. The predicted molar refractivity (Wildman–Crippen MR) is 45.7 cm³/mol. The Kier molecular flexibility index (Phi) is 2.88. The first-order chi connectivity index (χ1) is 5.22. The zero-order valence-corrected chi connectivity index (χ0v) is 7.21. The lowest BCUT2D eigenvalue weighted by molar-refractivity contribution is 0.307. The van der Waals surface area contributed by atoms with Gasteiger partial charge in [0.1, 0.15) is 6.61 Å². The Balaban J connectivity index is 2.36. The highest BCUT2D eigenvalue weighted by atomic mass is 16.5. The van der Waals surface area contributed by atoms with Gasteiger partial charge in [0.2, 0.25) is 0 Å². The summed E-state index contributed by atoms with van der Waals surface area (Å²) in [6.45, 7) is 5.59. The average molecular weight is 156 g/mol. The zero-order chi connectivity index (χ0) is 8.27. The maximum Gasteiger partial charge on any atom is 0.183 e. The number of hydrogen-bond donors (Lipinski definition) is 1. The summed E-state index contributed by atoms with van der Waals surface area (Å²) >= 11 is 0. The lowest BCUT2D eigenvalue weighted by Gasteiger charge is -2.02. The van der Waals surface area contributed by atoms with Crippen LogP contribution in [-0.4, -0.2) is 25.1 Å². The van der Waals surface area contributed by atoms with Crippen molar-refractivity contribution in [2.24, 2.45) is 16.6 Å². The molecule has 0 fully saturated rings. The van der Waals surface area contributed by atoms with E-state index < -0.39 is 0 Å². The molecule has 0 radical (unpaired) electrons. The number of hydrogen-bond acceptors (Lipinski definition) is 3. The summed E-state index contributed by atoms with van der Waals surface area (Å²) in [5, 5.41) is 0. The molecular formula is C8H16N2O. The molecule has 64 valence electrons. The fourth-order valence-electron chi connectivity index (χ4n) is 1.05.